The molecule has 1 aromatic carbocycles. The molecule has 0 aliphatic heterocycles. The SMILES string of the molecule is CBr.FC(F)(F)c1ccccc1. The summed E-state index contributed by atoms with van der Waals surface area (Å²) in [5.41, 5.74) is -0.602. The highest BCUT2D eigenvalue weighted by Crippen LogP contribution is 2.28. The molecule has 0 radical (unpaired) electrons. The number of halogens is 4. The lowest BCUT2D eigenvalue weighted by atomic mass is 10.2. The molecule has 0 fully saturated rings. The molecule has 0 heterocycles. The van der Waals surface area contributed by atoms with Gasteiger partial charge >= 0.3 is 6.18 Å². The van der Waals surface area contributed by atoms with Crippen LogP contribution >= 0.6 is 15.9 Å². The second-order valence-electron chi connectivity index (χ2n) is 1.86. The molecule has 0 amide bonds. The maximum Gasteiger partial charge on any atom is 0.416 e. The standard InChI is InChI=1S/C7H5F3.CH3Br/c8-7(9,10)6-4-2-1-3-5-6;1-2/h1-5H;1H3. The summed E-state index contributed by atoms with van der Waals surface area (Å²) in [5, 5.41) is 0. The topological polar surface area (TPSA) is 0 Å². The van der Waals surface area contributed by atoms with E-state index in [1.807, 2.05) is 5.83 Å². The van der Waals surface area contributed by atoms with E-state index < -0.39 is 11.7 Å². The van der Waals surface area contributed by atoms with Gasteiger partial charge in [-0.25, -0.2) is 0 Å². The van der Waals surface area contributed by atoms with Crippen LogP contribution < -0.4 is 0 Å². The summed E-state index contributed by atoms with van der Waals surface area (Å²) >= 11 is 2.94. The van der Waals surface area contributed by atoms with Crippen molar-refractivity contribution in [2.24, 2.45) is 0 Å². The fourth-order valence-electron chi connectivity index (χ4n) is 0.627. The largest absolute Gasteiger partial charge is 0.416 e. The third-order valence-corrected chi connectivity index (χ3v) is 1.10. The average molecular weight is 241 g/mol. The summed E-state index contributed by atoms with van der Waals surface area (Å²) in [7, 11) is 0. The lowest BCUT2D eigenvalue weighted by molar-refractivity contribution is -0.137. The van der Waals surface area contributed by atoms with Crippen LogP contribution in [0, 0.1) is 0 Å². The average Bonchev–Trinajstić information content (AvgIpc) is 2.08. The van der Waals surface area contributed by atoms with Crippen LogP contribution in [-0.2, 0) is 6.18 Å². The predicted molar refractivity (Wildman–Crippen MR) is 46.3 cm³/mol. The number of hydrogen-bond acceptors (Lipinski definition) is 0. The lowest BCUT2D eigenvalue weighted by Gasteiger charge is -2.03. The molecule has 0 saturated carbocycles. The Bertz CT molecular complexity index is 205. The Hall–Kier alpha value is -0.510. The molecule has 1 rings (SSSR count). The summed E-state index contributed by atoms with van der Waals surface area (Å²) in [6.45, 7) is 0. The van der Waals surface area contributed by atoms with Crippen molar-refractivity contribution in [3.63, 3.8) is 0 Å². The molecule has 0 nitrogen and oxygen atoms in total. The monoisotopic (exact) mass is 240 g/mol. The molecule has 0 aromatic heterocycles. The highest BCUT2D eigenvalue weighted by molar-refractivity contribution is 9.08. The zero-order valence-electron chi connectivity index (χ0n) is 6.40. The van der Waals surface area contributed by atoms with Crippen molar-refractivity contribution in [3.8, 4) is 0 Å². The Balaban J connectivity index is 0.000000561. The van der Waals surface area contributed by atoms with Crippen molar-refractivity contribution >= 4 is 15.9 Å². The van der Waals surface area contributed by atoms with E-state index in [9.17, 15) is 13.2 Å². The van der Waals surface area contributed by atoms with Gasteiger partial charge in [-0.2, -0.15) is 13.2 Å². The van der Waals surface area contributed by atoms with Crippen LogP contribution in [0.1, 0.15) is 5.56 Å². The van der Waals surface area contributed by atoms with Gasteiger partial charge < -0.3 is 0 Å². The van der Waals surface area contributed by atoms with Crippen molar-refractivity contribution in [1.29, 1.82) is 0 Å². The van der Waals surface area contributed by atoms with E-state index in [2.05, 4.69) is 15.9 Å². The van der Waals surface area contributed by atoms with E-state index >= 15 is 0 Å². The highest BCUT2D eigenvalue weighted by Gasteiger charge is 2.29. The first-order valence-corrected chi connectivity index (χ1v) is 4.69. The molecular formula is C8H8BrF3. The van der Waals surface area contributed by atoms with Gasteiger partial charge in [0.2, 0.25) is 0 Å². The van der Waals surface area contributed by atoms with Crippen molar-refractivity contribution in [3.05, 3.63) is 35.9 Å². The lowest BCUT2D eigenvalue weighted by Crippen LogP contribution is -2.03. The minimum absolute atomic E-state index is 0.602. The van der Waals surface area contributed by atoms with Crippen molar-refractivity contribution in [2.45, 2.75) is 6.18 Å². The van der Waals surface area contributed by atoms with E-state index in [0.29, 0.717) is 0 Å². The van der Waals surface area contributed by atoms with Gasteiger partial charge in [0, 0.05) is 0 Å². The van der Waals surface area contributed by atoms with Crippen molar-refractivity contribution < 1.29 is 13.2 Å². The second-order valence-corrected chi connectivity index (χ2v) is 1.86. The first kappa shape index (κ1) is 11.5. The zero-order valence-corrected chi connectivity index (χ0v) is 7.98. The molecule has 0 saturated heterocycles. The van der Waals surface area contributed by atoms with Gasteiger partial charge in [0.15, 0.2) is 0 Å². The van der Waals surface area contributed by atoms with Crippen LogP contribution in [-0.4, -0.2) is 5.83 Å². The van der Waals surface area contributed by atoms with Crippen LogP contribution in [0.5, 0.6) is 0 Å². The number of hydrogen-bond donors (Lipinski definition) is 0. The van der Waals surface area contributed by atoms with Gasteiger partial charge in [0.1, 0.15) is 0 Å². The third-order valence-electron chi connectivity index (χ3n) is 1.10. The molecule has 0 atom stereocenters. The maximum absolute atomic E-state index is 11.8. The van der Waals surface area contributed by atoms with Crippen molar-refractivity contribution in [2.75, 3.05) is 5.83 Å². The second kappa shape index (κ2) is 5.19. The maximum atomic E-state index is 11.8. The molecule has 0 aliphatic carbocycles. The van der Waals surface area contributed by atoms with Crippen molar-refractivity contribution in [1.82, 2.24) is 0 Å². The normalized spacial score (nSPS) is 10.1. The van der Waals surface area contributed by atoms with Crippen LogP contribution in [0.2, 0.25) is 0 Å². The Kier molecular flexibility index (Phi) is 4.97. The molecule has 68 valence electrons. The predicted octanol–water partition coefficient (Wildman–Crippen LogP) is 3.72. The van der Waals surface area contributed by atoms with Crippen LogP contribution in [0.4, 0.5) is 13.2 Å². The van der Waals surface area contributed by atoms with Gasteiger partial charge in [-0.15, -0.1) is 0 Å². The smallest absolute Gasteiger partial charge is 0.166 e. The van der Waals surface area contributed by atoms with E-state index in [1.165, 1.54) is 12.1 Å². The van der Waals surface area contributed by atoms with Crippen LogP contribution in [0.15, 0.2) is 30.3 Å². The molecule has 0 bridgehead atoms. The summed E-state index contributed by atoms with van der Waals surface area (Å²) in [5.74, 6) is 1.81. The Morgan fingerprint density at radius 1 is 1.00 bits per heavy atom. The molecule has 4 heteroatoms. The van der Waals surface area contributed by atoms with E-state index in [1.54, 1.807) is 6.07 Å². The number of alkyl halides is 4. The molecule has 0 unspecified atom stereocenters. The summed E-state index contributed by atoms with van der Waals surface area (Å²) in [6, 6.07) is 6.36. The number of rotatable bonds is 0. The van der Waals surface area contributed by atoms with E-state index in [0.717, 1.165) is 12.1 Å². The van der Waals surface area contributed by atoms with Crippen LogP contribution in [0.3, 0.4) is 0 Å². The Morgan fingerprint density at radius 2 is 1.42 bits per heavy atom. The molecule has 0 N–H and O–H groups in total. The van der Waals surface area contributed by atoms with Crippen LogP contribution in [0.25, 0.3) is 0 Å². The third kappa shape index (κ3) is 3.76. The fraction of sp³-hybridized carbons (Fsp3) is 0.250. The van der Waals surface area contributed by atoms with E-state index in [-0.39, 0.29) is 0 Å². The Morgan fingerprint density at radius 3 is 1.67 bits per heavy atom. The molecule has 1 aromatic rings. The summed E-state index contributed by atoms with van der Waals surface area (Å²) in [4.78, 5) is 0. The van der Waals surface area contributed by atoms with Gasteiger partial charge in [-0.1, -0.05) is 46.3 Å². The van der Waals surface area contributed by atoms with Gasteiger partial charge in [-0.3, -0.25) is 0 Å². The molecular weight excluding hydrogens is 233 g/mol. The highest BCUT2D eigenvalue weighted by atomic mass is 79.9. The van der Waals surface area contributed by atoms with Gasteiger partial charge in [-0.05, 0) is 5.83 Å². The molecule has 0 spiro atoms. The quantitative estimate of drug-likeness (QED) is 0.607. The molecule has 0 aliphatic rings. The first-order valence-electron chi connectivity index (χ1n) is 3.11. The van der Waals surface area contributed by atoms with Gasteiger partial charge in [0.05, 0.1) is 5.56 Å². The summed E-state index contributed by atoms with van der Waals surface area (Å²) in [6.07, 6.45) is -4.21. The minimum atomic E-state index is -4.21. The Labute approximate surface area is 77.5 Å². The zero-order chi connectivity index (χ0) is 9.61. The summed E-state index contributed by atoms with van der Waals surface area (Å²) < 4.78 is 35.4. The fourth-order valence-corrected chi connectivity index (χ4v) is 0.627. The molecule has 12 heavy (non-hydrogen) atoms. The van der Waals surface area contributed by atoms with Gasteiger partial charge in [0.25, 0.3) is 0 Å². The minimum Gasteiger partial charge on any atom is -0.166 e. The van der Waals surface area contributed by atoms with E-state index in [4.69, 9.17) is 0 Å². The first-order chi connectivity index (χ1) is 5.61. The number of benzene rings is 1.